The van der Waals surface area contributed by atoms with E-state index in [0.29, 0.717) is 0 Å². The highest BCUT2D eigenvalue weighted by atomic mass is 16.1. The summed E-state index contributed by atoms with van der Waals surface area (Å²) in [6.07, 6.45) is 16.8. The zero-order valence-corrected chi connectivity index (χ0v) is 22.6. The van der Waals surface area contributed by atoms with Gasteiger partial charge in [-0.25, -0.2) is 4.98 Å². The minimum absolute atomic E-state index is 0.146. The molecule has 2 heterocycles. The first-order valence-electron chi connectivity index (χ1n) is 14.1. The molecule has 4 nitrogen and oxygen atoms in total. The van der Waals surface area contributed by atoms with E-state index in [1.165, 1.54) is 6.42 Å². The van der Waals surface area contributed by atoms with Crippen LogP contribution < -0.4 is 0 Å². The van der Waals surface area contributed by atoms with Gasteiger partial charge < -0.3 is 4.57 Å². The number of rotatable bonds is 8. The van der Waals surface area contributed by atoms with Crippen molar-refractivity contribution in [1.82, 2.24) is 14.5 Å². The Kier molecular flexibility index (Phi) is 7.49. The van der Waals surface area contributed by atoms with E-state index in [2.05, 4.69) is 88.5 Å². The van der Waals surface area contributed by atoms with Crippen LogP contribution in [-0.2, 0) is 10.3 Å². The number of benzene rings is 3. The van der Waals surface area contributed by atoms with Gasteiger partial charge in [0.25, 0.3) is 0 Å². The maximum absolute atomic E-state index is 12.9. The smallest absolute Gasteiger partial charge is 0.158 e. The predicted octanol–water partition coefficient (Wildman–Crippen LogP) is 7.95. The van der Waals surface area contributed by atoms with Crippen LogP contribution in [0.15, 0.2) is 128 Å². The molecule has 0 aliphatic heterocycles. The number of pyridine rings is 1. The maximum atomic E-state index is 12.9. The van der Waals surface area contributed by atoms with Crippen molar-refractivity contribution >= 4 is 11.9 Å². The zero-order chi connectivity index (χ0) is 27.2. The van der Waals surface area contributed by atoms with Crippen LogP contribution in [0.1, 0.15) is 54.4 Å². The van der Waals surface area contributed by atoms with Crippen LogP contribution in [0.25, 0.3) is 17.3 Å². The average Bonchev–Trinajstić information content (AvgIpc) is 3.53. The Bertz CT molecular complexity index is 1490. The van der Waals surface area contributed by atoms with Gasteiger partial charge >= 0.3 is 0 Å². The molecule has 0 amide bonds. The Balaban J connectivity index is 1.46. The van der Waals surface area contributed by atoms with Crippen LogP contribution in [-0.4, -0.2) is 20.3 Å². The molecule has 0 saturated heterocycles. The lowest BCUT2D eigenvalue weighted by Gasteiger charge is -2.37. The topological polar surface area (TPSA) is 47.8 Å². The fourth-order valence-electron chi connectivity index (χ4n) is 6.10. The lowest BCUT2D eigenvalue weighted by molar-refractivity contribution is -0.119. The van der Waals surface area contributed by atoms with Gasteiger partial charge in [-0.15, -0.1) is 0 Å². The SMILES string of the molecule is O=C(C=Cc1cnccc1-c1cn(C(c2ccccc2)(c2ccccc2)c2ccccc2)cn1)C1CCCCC1. The van der Waals surface area contributed by atoms with E-state index < -0.39 is 5.54 Å². The summed E-state index contributed by atoms with van der Waals surface area (Å²) in [4.78, 5) is 22.2. The molecule has 1 fully saturated rings. The molecule has 0 spiro atoms. The summed E-state index contributed by atoms with van der Waals surface area (Å²) in [6.45, 7) is 0. The summed E-state index contributed by atoms with van der Waals surface area (Å²) in [5, 5.41) is 0. The van der Waals surface area contributed by atoms with Crippen LogP contribution >= 0.6 is 0 Å². The highest BCUT2D eigenvalue weighted by Crippen LogP contribution is 2.41. The molecule has 0 unspecified atom stereocenters. The van der Waals surface area contributed by atoms with E-state index in [1.54, 1.807) is 12.3 Å². The number of nitrogens with zero attached hydrogens (tertiary/aromatic N) is 3. The van der Waals surface area contributed by atoms with Crippen molar-refractivity contribution in [3.63, 3.8) is 0 Å². The summed E-state index contributed by atoms with van der Waals surface area (Å²) in [6, 6.07) is 33.7. The van der Waals surface area contributed by atoms with Gasteiger partial charge in [0.15, 0.2) is 5.78 Å². The van der Waals surface area contributed by atoms with Crippen LogP contribution in [0.5, 0.6) is 0 Å². The monoisotopic (exact) mass is 523 g/mol. The average molecular weight is 524 g/mol. The third-order valence-corrected chi connectivity index (χ3v) is 8.11. The van der Waals surface area contributed by atoms with Gasteiger partial charge in [0, 0.05) is 35.6 Å². The van der Waals surface area contributed by atoms with Crippen molar-refractivity contribution in [1.29, 1.82) is 0 Å². The Morgan fingerprint density at radius 3 is 1.93 bits per heavy atom. The van der Waals surface area contributed by atoms with Gasteiger partial charge in [-0.05, 0) is 47.8 Å². The van der Waals surface area contributed by atoms with Crippen molar-refractivity contribution in [3.8, 4) is 11.3 Å². The molecule has 0 radical (unpaired) electrons. The summed E-state index contributed by atoms with van der Waals surface area (Å²) in [5.74, 6) is 0.365. The normalized spacial score (nSPS) is 14.4. The van der Waals surface area contributed by atoms with Gasteiger partial charge in [-0.2, -0.15) is 0 Å². The molecule has 198 valence electrons. The molecule has 0 atom stereocenters. The number of imidazole rings is 1. The highest BCUT2D eigenvalue weighted by molar-refractivity contribution is 5.96. The molecule has 6 rings (SSSR count). The molecular weight excluding hydrogens is 490 g/mol. The van der Waals surface area contributed by atoms with Crippen molar-refractivity contribution in [2.45, 2.75) is 37.6 Å². The van der Waals surface area contributed by atoms with Gasteiger partial charge in [0.2, 0.25) is 0 Å². The van der Waals surface area contributed by atoms with Crippen molar-refractivity contribution < 1.29 is 4.79 Å². The van der Waals surface area contributed by atoms with Crippen molar-refractivity contribution in [2.75, 3.05) is 0 Å². The number of allylic oxidation sites excluding steroid dienone is 1. The summed E-state index contributed by atoms with van der Waals surface area (Å²) in [7, 11) is 0. The number of carbonyl (C=O) groups excluding carboxylic acids is 1. The maximum Gasteiger partial charge on any atom is 0.158 e. The second-order valence-electron chi connectivity index (χ2n) is 10.5. The molecule has 1 saturated carbocycles. The fraction of sp³-hybridized carbons (Fsp3) is 0.194. The molecule has 1 aliphatic carbocycles. The van der Waals surface area contributed by atoms with Crippen LogP contribution in [0.3, 0.4) is 0 Å². The Labute approximate surface area is 236 Å². The van der Waals surface area contributed by atoms with Gasteiger partial charge in [0.05, 0.1) is 12.0 Å². The van der Waals surface area contributed by atoms with E-state index in [9.17, 15) is 4.79 Å². The fourth-order valence-corrected chi connectivity index (χ4v) is 6.10. The number of hydrogen-bond acceptors (Lipinski definition) is 3. The summed E-state index contributed by atoms with van der Waals surface area (Å²) in [5.41, 5.74) is 5.47. The number of ketones is 1. The third-order valence-electron chi connectivity index (χ3n) is 8.11. The molecule has 4 heteroatoms. The minimum Gasteiger partial charge on any atom is -0.318 e. The zero-order valence-electron chi connectivity index (χ0n) is 22.6. The minimum atomic E-state index is -0.630. The summed E-state index contributed by atoms with van der Waals surface area (Å²) >= 11 is 0. The highest BCUT2D eigenvalue weighted by Gasteiger charge is 2.38. The van der Waals surface area contributed by atoms with Crippen LogP contribution in [0, 0.1) is 5.92 Å². The lowest BCUT2D eigenvalue weighted by Crippen LogP contribution is -2.36. The Morgan fingerprint density at radius 2 is 1.35 bits per heavy atom. The van der Waals surface area contributed by atoms with E-state index in [0.717, 1.165) is 59.2 Å². The molecule has 40 heavy (non-hydrogen) atoms. The second-order valence-corrected chi connectivity index (χ2v) is 10.5. The van der Waals surface area contributed by atoms with Crippen LogP contribution in [0.2, 0.25) is 0 Å². The first kappa shape index (κ1) is 25.7. The Morgan fingerprint density at radius 1 is 0.775 bits per heavy atom. The molecule has 0 bridgehead atoms. The van der Waals surface area contributed by atoms with Crippen molar-refractivity contribution in [3.05, 3.63) is 150 Å². The summed E-state index contributed by atoms with van der Waals surface area (Å²) < 4.78 is 2.21. The second kappa shape index (κ2) is 11.7. The van der Waals surface area contributed by atoms with E-state index in [-0.39, 0.29) is 11.7 Å². The first-order chi connectivity index (χ1) is 19.8. The molecule has 1 aliphatic rings. The van der Waals surface area contributed by atoms with Crippen molar-refractivity contribution in [2.24, 2.45) is 5.92 Å². The third kappa shape index (κ3) is 4.93. The van der Waals surface area contributed by atoms with E-state index in [1.807, 2.05) is 42.9 Å². The van der Waals surface area contributed by atoms with Gasteiger partial charge in [-0.3, -0.25) is 9.78 Å². The molecule has 5 aromatic rings. The quantitative estimate of drug-likeness (QED) is 0.153. The molecule has 2 aromatic heterocycles. The largest absolute Gasteiger partial charge is 0.318 e. The first-order valence-corrected chi connectivity index (χ1v) is 14.1. The van der Waals surface area contributed by atoms with E-state index >= 15 is 0 Å². The molecule has 3 aromatic carbocycles. The molecule has 0 N–H and O–H groups in total. The Hall–Kier alpha value is -4.57. The number of carbonyl (C=O) groups is 1. The number of hydrogen-bond donors (Lipinski definition) is 0. The standard InChI is InChI=1S/C36H33N3O/c40-35(28-13-5-1-6-14-28)22-21-29-25-37-24-23-33(29)34-26-39(27-38-34)36(30-15-7-2-8-16-30,31-17-9-3-10-18-31)32-19-11-4-12-20-32/h2-4,7-12,15-28H,1,5-6,13-14H2. The predicted molar refractivity (Wildman–Crippen MR) is 161 cm³/mol. The van der Waals surface area contributed by atoms with Gasteiger partial charge in [-0.1, -0.05) is 110 Å². The van der Waals surface area contributed by atoms with Gasteiger partial charge in [0.1, 0.15) is 5.54 Å². The van der Waals surface area contributed by atoms with Crippen LogP contribution in [0.4, 0.5) is 0 Å². The lowest BCUT2D eigenvalue weighted by atomic mass is 9.77. The number of aromatic nitrogens is 3. The molecular formula is C36H33N3O. The van der Waals surface area contributed by atoms with E-state index in [4.69, 9.17) is 4.98 Å².